The summed E-state index contributed by atoms with van der Waals surface area (Å²) in [5.41, 5.74) is 2.76. The highest BCUT2D eigenvalue weighted by Gasteiger charge is 2.40. The lowest BCUT2D eigenvalue weighted by atomic mass is 9.94. The topological polar surface area (TPSA) is 97.7 Å². The molecule has 7 heteroatoms. The maximum Gasteiger partial charge on any atom is 0.411 e. The summed E-state index contributed by atoms with van der Waals surface area (Å²) in [4.78, 5) is 24.1. The van der Waals surface area contributed by atoms with Crippen molar-refractivity contribution >= 4 is 17.7 Å². The molecule has 2 aromatic rings. The number of allylic oxidation sites excluding steroid dienone is 2. The molecule has 2 bridgehead atoms. The van der Waals surface area contributed by atoms with Crippen LogP contribution >= 0.6 is 0 Å². The zero-order valence-electron chi connectivity index (χ0n) is 17.5. The second-order valence-electron chi connectivity index (χ2n) is 8.03. The second-order valence-corrected chi connectivity index (χ2v) is 8.03. The molecule has 1 saturated carbocycles. The van der Waals surface area contributed by atoms with Crippen LogP contribution in [-0.4, -0.2) is 25.3 Å². The van der Waals surface area contributed by atoms with Crippen LogP contribution in [0.15, 0.2) is 60.7 Å². The normalized spacial score (nSPS) is 20.4. The van der Waals surface area contributed by atoms with Gasteiger partial charge in [0, 0.05) is 5.69 Å². The smallest absolute Gasteiger partial charge is 0.411 e. The molecule has 0 aliphatic heterocycles. The Hall–Kier alpha value is -3.79. The van der Waals surface area contributed by atoms with Gasteiger partial charge in [-0.05, 0) is 66.5 Å². The lowest BCUT2D eigenvalue weighted by molar-refractivity contribution is -0.150. The van der Waals surface area contributed by atoms with E-state index in [1.807, 2.05) is 24.3 Å². The lowest BCUT2D eigenvalue weighted by Crippen LogP contribution is -2.24. The van der Waals surface area contributed by atoms with Gasteiger partial charge in [0.05, 0.1) is 5.92 Å². The van der Waals surface area contributed by atoms with E-state index in [1.54, 1.807) is 30.5 Å². The van der Waals surface area contributed by atoms with Crippen molar-refractivity contribution < 1.29 is 23.8 Å². The van der Waals surface area contributed by atoms with Crippen molar-refractivity contribution in [2.45, 2.75) is 19.3 Å². The van der Waals surface area contributed by atoms with Crippen molar-refractivity contribution in [2.24, 2.45) is 17.8 Å². The number of amides is 1. The van der Waals surface area contributed by atoms with Crippen LogP contribution in [0.3, 0.4) is 0 Å². The van der Waals surface area contributed by atoms with Crippen LogP contribution in [0.5, 0.6) is 5.75 Å². The summed E-state index contributed by atoms with van der Waals surface area (Å²) in [7, 11) is 0. The van der Waals surface area contributed by atoms with E-state index in [2.05, 4.69) is 17.5 Å². The lowest BCUT2D eigenvalue weighted by Gasteiger charge is -2.16. The summed E-state index contributed by atoms with van der Waals surface area (Å²) in [5, 5.41) is 11.2. The number of ether oxygens (including phenoxy) is 3. The number of benzene rings is 2. The minimum absolute atomic E-state index is 0.0117. The van der Waals surface area contributed by atoms with Gasteiger partial charge >= 0.3 is 12.1 Å². The molecule has 0 saturated heterocycles. The van der Waals surface area contributed by atoms with Crippen LogP contribution in [0.4, 0.5) is 10.5 Å². The predicted molar refractivity (Wildman–Crippen MR) is 117 cm³/mol. The molecule has 2 aromatic carbocycles. The minimum atomic E-state index is -0.593. The summed E-state index contributed by atoms with van der Waals surface area (Å²) in [6.07, 6.45) is 7.95. The molecule has 0 radical (unpaired) electrons. The van der Waals surface area contributed by atoms with Gasteiger partial charge in [0.15, 0.2) is 0 Å². The maximum absolute atomic E-state index is 12.1. The molecule has 3 unspecified atom stereocenters. The molecule has 2 aliphatic rings. The number of fused-ring (bicyclic) bond motifs is 2. The fourth-order valence-electron chi connectivity index (χ4n) is 4.26. The number of rotatable bonds is 8. The van der Waals surface area contributed by atoms with Crippen LogP contribution in [0, 0.1) is 29.3 Å². The number of carbonyl (C=O) groups is 2. The van der Waals surface area contributed by atoms with Crippen molar-refractivity contribution in [3.05, 3.63) is 71.8 Å². The third-order valence-electron chi connectivity index (χ3n) is 5.84. The average molecular weight is 432 g/mol. The van der Waals surface area contributed by atoms with E-state index in [9.17, 15) is 9.59 Å². The summed E-state index contributed by atoms with van der Waals surface area (Å²) < 4.78 is 15.1. The molecule has 0 spiro atoms. The first-order valence-corrected chi connectivity index (χ1v) is 10.6. The largest absolute Gasteiger partial charge is 0.462 e. The fourth-order valence-corrected chi connectivity index (χ4v) is 4.26. The highest BCUT2D eigenvalue weighted by molar-refractivity contribution is 5.84. The van der Waals surface area contributed by atoms with Crippen molar-refractivity contribution in [3.8, 4) is 12.0 Å². The summed E-state index contributed by atoms with van der Waals surface area (Å²) in [6.45, 7) is 0.0683. The Morgan fingerprint density at radius 1 is 0.938 bits per heavy atom. The Labute approximate surface area is 186 Å². The van der Waals surface area contributed by atoms with Crippen LogP contribution in [0.2, 0.25) is 0 Å². The highest BCUT2D eigenvalue weighted by atomic mass is 16.6. The Morgan fingerprint density at radius 2 is 1.62 bits per heavy atom. The van der Waals surface area contributed by atoms with Crippen LogP contribution in [0.25, 0.3) is 0 Å². The van der Waals surface area contributed by atoms with Gasteiger partial charge in [0.2, 0.25) is 0 Å². The first kappa shape index (κ1) is 21.4. The first-order chi connectivity index (χ1) is 15.6. The van der Waals surface area contributed by atoms with E-state index < -0.39 is 6.09 Å². The van der Waals surface area contributed by atoms with Crippen molar-refractivity contribution in [1.29, 1.82) is 5.26 Å². The molecule has 0 aromatic heterocycles. The van der Waals surface area contributed by atoms with Gasteiger partial charge in [-0.15, -0.1) is 5.26 Å². The maximum atomic E-state index is 12.1. The summed E-state index contributed by atoms with van der Waals surface area (Å²) in [5.74, 6) is 1.06. The van der Waals surface area contributed by atoms with Gasteiger partial charge in [-0.1, -0.05) is 36.4 Å². The molecule has 1 amide bonds. The molecule has 7 nitrogen and oxygen atoms in total. The van der Waals surface area contributed by atoms with Crippen LogP contribution < -0.4 is 10.1 Å². The van der Waals surface area contributed by atoms with Gasteiger partial charge < -0.3 is 14.2 Å². The van der Waals surface area contributed by atoms with Crippen LogP contribution in [-0.2, 0) is 20.7 Å². The second kappa shape index (κ2) is 10.0. The Bertz CT molecular complexity index is 1020. The third kappa shape index (κ3) is 5.46. The monoisotopic (exact) mass is 432 g/mol. The molecular weight excluding hydrogens is 408 g/mol. The molecule has 32 heavy (non-hydrogen) atoms. The molecule has 4 rings (SSSR count). The number of nitrogens with one attached hydrogen (secondary N) is 1. The Kier molecular flexibility index (Phi) is 6.71. The summed E-state index contributed by atoms with van der Waals surface area (Å²) >= 11 is 0. The number of hydrogen-bond donors (Lipinski definition) is 1. The Balaban J connectivity index is 1.15. The molecule has 3 atom stereocenters. The van der Waals surface area contributed by atoms with Gasteiger partial charge in [0.25, 0.3) is 6.26 Å². The van der Waals surface area contributed by atoms with E-state index in [0.29, 0.717) is 29.7 Å². The average Bonchev–Trinajstić information content (AvgIpc) is 3.43. The van der Waals surface area contributed by atoms with Crippen LogP contribution in [0.1, 0.15) is 24.0 Å². The predicted octanol–water partition coefficient (Wildman–Crippen LogP) is 4.44. The quantitative estimate of drug-likeness (QED) is 0.287. The fraction of sp³-hybridized carbons (Fsp3) is 0.320. The van der Waals surface area contributed by atoms with E-state index in [0.717, 1.165) is 24.0 Å². The third-order valence-corrected chi connectivity index (χ3v) is 5.84. The van der Waals surface area contributed by atoms with Crippen molar-refractivity contribution in [2.75, 3.05) is 18.5 Å². The number of hydrogen-bond acceptors (Lipinski definition) is 6. The highest BCUT2D eigenvalue weighted by Crippen LogP contribution is 2.43. The molecule has 0 heterocycles. The molecule has 1 N–H and O–H groups in total. The van der Waals surface area contributed by atoms with E-state index in [4.69, 9.17) is 19.5 Å². The standard InChI is InChI=1S/C25H24N2O5/c26-16-32-22-9-4-18(5-10-22)13-17-2-7-21(8-3-17)27-25(29)31-12-11-30-24(28)23-15-19-1-6-20(23)14-19/h1-10,19-20,23H,11-15H2,(H,27,29). The van der Waals surface area contributed by atoms with Crippen molar-refractivity contribution in [1.82, 2.24) is 0 Å². The number of esters is 1. The zero-order chi connectivity index (χ0) is 22.3. The SMILES string of the molecule is N#COc1ccc(Cc2ccc(NC(=O)OCCOC(=O)C3CC4C=CC3C4)cc2)cc1. The number of nitrogens with zero attached hydrogens (tertiary/aromatic N) is 1. The zero-order valence-corrected chi connectivity index (χ0v) is 17.5. The van der Waals surface area contributed by atoms with Gasteiger partial charge in [0.1, 0.15) is 19.0 Å². The molecule has 164 valence electrons. The summed E-state index contributed by atoms with van der Waals surface area (Å²) in [6, 6.07) is 14.7. The molecular formula is C25H24N2O5. The minimum Gasteiger partial charge on any atom is -0.462 e. The number of nitriles is 1. The van der Waals surface area contributed by atoms with Gasteiger partial charge in [-0.2, -0.15) is 0 Å². The van der Waals surface area contributed by atoms with E-state index >= 15 is 0 Å². The van der Waals surface area contributed by atoms with Gasteiger partial charge in [-0.25, -0.2) is 4.79 Å². The number of anilines is 1. The van der Waals surface area contributed by atoms with Crippen molar-refractivity contribution in [3.63, 3.8) is 0 Å². The first-order valence-electron chi connectivity index (χ1n) is 10.6. The molecule has 2 aliphatic carbocycles. The molecule has 1 fully saturated rings. The Morgan fingerprint density at radius 3 is 2.25 bits per heavy atom. The van der Waals surface area contributed by atoms with E-state index in [-0.39, 0.29) is 25.1 Å². The van der Waals surface area contributed by atoms with Gasteiger partial charge in [-0.3, -0.25) is 10.1 Å². The van der Waals surface area contributed by atoms with E-state index in [1.165, 1.54) is 0 Å². The number of carbonyl (C=O) groups excluding carboxylic acids is 2.